The zero-order chi connectivity index (χ0) is 9.36. The SMILES string of the molecule is C/C=C/CCNCC1CCOCC1. The normalized spacial score (nSPS) is 19.8. The fourth-order valence-electron chi connectivity index (χ4n) is 1.61. The Balaban J connectivity index is 1.92. The molecule has 0 aromatic carbocycles. The molecule has 2 nitrogen and oxygen atoms in total. The van der Waals surface area contributed by atoms with Crippen molar-refractivity contribution in [3.63, 3.8) is 0 Å². The summed E-state index contributed by atoms with van der Waals surface area (Å²) in [5, 5.41) is 3.48. The number of rotatable bonds is 5. The molecule has 0 saturated carbocycles. The van der Waals surface area contributed by atoms with E-state index in [4.69, 9.17) is 4.74 Å². The molecule has 76 valence electrons. The van der Waals surface area contributed by atoms with Gasteiger partial charge in [0.05, 0.1) is 0 Å². The average Bonchev–Trinajstić information content (AvgIpc) is 2.19. The number of nitrogens with one attached hydrogen (secondary N) is 1. The second-order valence-electron chi connectivity index (χ2n) is 3.62. The minimum atomic E-state index is 0.847. The van der Waals surface area contributed by atoms with E-state index in [1.165, 1.54) is 19.4 Å². The largest absolute Gasteiger partial charge is 0.381 e. The summed E-state index contributed by atoms with van der Waals surface area (Å²) < 4.78 is 5.31. The van der Waals surface area contributed by atoms with Crippen LogP contribution in [0.25, 0.3) is 0 Å². The molecule has 1 fully saturated rings. The molecule has 2 heteroatoms. The van der Waals surface area contributed by atoms with Crippen LogP contribution in [0, 0.1) is 5.92 Å². The van der Waals surface area contributed by atoms with Crippen molar-refractivity contribution in [1.82, 2.24) is 5.32 Å². The van der Waals surface area contributed by atoms with Crippen LogP contribution in [0.5, 0.6) is 0 Å². The van der Waals surface area contributed by atoms with Crippen LogP contribution in [-0.2, 0) is 4.74 Å². The lowest BCUT2D eigenvalue weighted by molar-refractivity contribution is 0.0664. The van der Waals surface area contributed by atoms with E-state index < -0.39 is 0 Å². The fraction of sp³-hybridized carbons (Fsp3) is 0.818. The van der Waals surface area contributed by atoms with Crippen LogP contribution in [0.15, 0.2) is 12.2 Å². The molecule has 0 unspecified atom stereocenters. The van der Waals surface area contributed by atoms with Gasteiger partial charge in [0.2, 0.25) is 0 Å². The molecule has 0 aliphatic carbocycles. The van der Waals surface area contributed by atoms with Gasteiger partial charge in [-0.25, -0.2) is 0 Å². The summed E-state index contributed by atoms with van der Waals surface area (Å²) in [7, 11) is 0. The standard InChI is InChI=1S/C11H21NO/c1-2-3-4-7-12-10-11-5-8-13-9-6-11/h2-3,11-12H,4-10H2,1H3/b3-2+. The molecule has 0 aromatic rings. The van der Waals surface area contributed by atoms with Crippen molar-refractivity contribution in [2.24, 2.45) is 5.92 Å². The molecule has 0 spiro atoms. The molecule has 1 N–H and O–H groups in total. The van der Waals surface area contributed by atoms with Crippen molar-refractivity contribution in [2.45, 2.75) is 26.2 Å². The van der Waals surface area contributed by atoms with Crippen molar-refractivity contribution >= 4 is 0 Å². The van der Waals surface area contributed by atoms with E-state index in [-0.39, 0.29) is 0 Å². The predicted molar refractivity (Wildman–Crippen MR) is 55.8 cm³/mol. The summed E-state index contributed by atoms with van der Waals surface area (Å²) in [5.41, 5.74) is 0. The lowest BCUT2D eigenvalue weighted by atomic mass is 10.0. The molecule has 1 aliphatic heterocycles. The first kappa shape index (κ1) is 10.7. The Morgan fingerprint density at radius 3 is 2.85 bits per heavy atom. The van der Waals surface area contributed by atoms with Crippen molar-refractivity contribution in [3.8, 4) is 0 Å². The van der Waals surface area contributed by atoms with Gasteiger partial charge < -0.3 is 10.1 Å². The highest BCUT2D eigenvalue weighted by Crippen LogP contribution is 2.12. The number of ether oxygens (including phenoxy) is 1. The lowest BCUT2D eigenvalue weighted by Crippen LogP contribution is -2.28. The summed E-state index contributed by atoms with van der Waals surface area (Å²) >= 11 is 0. The summed E-state index contributed by atoms with van der Waals surface area (Å²) in [4.78, 5) is 0. The van der Waals surface area contributed by atoms with E-state index in [2.05, 4.69) is 24.4 Å². The summed E-state index contributed by atoms with van der Waals surface area (Å²) in [6.45, 7) is 6.27. The van der Waals surface area contributed by atoms with Gasteiger partial charge in [-0.2, -0.15) is 0 Å². The van der Waals surface area contributed by atoms with Crippen LogP contribution in [0.1, 0.15) is 26.2 Å². The maximum Gasteiger partial charge on any atom is 0.0469 e. The molecule has 0 radical (unpaired) electrons. The van der Waals surface area contributed by atoms with Gasteiger partial charge in [0.15, 0.2) is 0 Å². The number of hydrogen-bond acceptors (Lipinski definition) is 2. The molecule has 13 heavy (non-hydrogen) atoms. The molecule has 0 aromatic heterocycles. The van der Waals surface area contributed by atoms with E-state index in [0.29, 0.717) is 0 Å². The average molecular weight is 183 g/mol. The van der Waals surface area contributed by atoms with Crippen molar-refractivity contribution in [3.05, 3.63) is 12.2 Å². The molecule has 1 heterocycles. The Labute approximate surface area is 81.4 Å². The van der Waals surface area contributed by atoms with E-state index in [9.17, 15) is 0 Å². The van der Waals surface area contributed by atoms with Crippen molar-refractivity contribution < 1.29 is 4.74 Å². The molecular weight excluding hydrogens is 162 g/mol. The predicted octanol–water partition coefficient (Wildman–Crippen LogP) is 1.97. The smallest absolute Gasteiger partial charge is 0.0469 e. The van der Waals surface area contributed by atoms with Crippen LogP contribution in [0.3, 0.4) is 0 Å². The first-order valence-corrected chi connectivity index (χ1v) is 5.33. The van der Waals surface area contributed by atoms with E-state index in [1.807, 2.05) is 0 Å². The third-order valence-corrected chi connectivity index (χ3v) is 2.50. The third kappa shape index (κ3) is 5.06. The van der Waals surface area contributed by atoms with Gasteiger partial charge in [-0.05, 0) is 45.2 Å². The van der Waals surface area contributed by atoms with Crippen molar-refractivity contribution in [2.75, 3.05) is 26.3 Å². The van der Waals surface area contributed by atoms with Gasteiger partial charge in [0, 0.05) is 13.2 Å². The second-order valence-corrected chi connectivity index (χ2v) is 3.62. The van der Waals surface area contributed by atoms with Crippen LogP contribution >= 0.6 is 0 Å². The van der Waals surface area contributed by atoms with Gasteiger partial charge in [-0.15, -0.1) is 0 Å². The fourth-order valence-corrected chi connectivity index (χ4v) is 1.61. The minimum Gasteiger partial charge on any atom is -0.381 e. The van der Waals surface area contributed by atoms with Crippen LogP contribution in [0.2, 0.25) is 0 Å². The summed E-state index contributed by atoms with van der Waals surface area (Å²) in [6.07, 6.45) is 7.93. The Bertz CT molecular complexity index is 139. The molecule has 1 saturated heterocycles. The Hall–Kier alpha value is -0.340. The topological polar surface area (TPSA) is 21.3 Å². The highest BCUT2D eigenvalue weighted by atomic mass is 16.5. The number of allylic oxidation sites excluding steroid dienone is 1. The van der Waals surface area contributed by atoms with E-state index in [1.54, 1.807) is 0 Å². The van der Waals surface area contributed by atoms with Gasteiger partial charge >= 0.3 is 0 Å². The first-order chi connectivity index (χ1) is 6.43. The lowest BCUT2D eigenvalue weighted by Gasteiger charge is -2.22. The highest BCUT2D eigenvalue weighted by Gasteiger charge is 2.12. The maximum atomic E-state index is 5.31. The van der Waals surface area contributed by atoms with E-state index >= 15 is 0 Å². The molecule has 0 bridgehead atoms. The summed E-state index contributed by atoms with van der Waals surface area (Å²) in [6, 6.07) is 0. The summed E-state index contributed by atoms with van der Waals surface area (Å²) in [5.74, 6) is 0.847. The second kappa shape index (κ2) is 7.10. The first-order valence-electron chi connectivity index (χ1n) is 5.33. The Morgan fingerprint density at radius 1 is 1.38 bits per heavy atom. The van der Waals surface area contributed by atoms with E-state index in [0.717, 1.165) is 32.1 Å². The van der Waals surface area contributed by atoms with Gasteiger partial charge in [0.1, 0.15) is 0 Å². The monoisotopic (exact) mass is 183 g/mol. The minimum absolute atomic E-state index is 0.847. The van der Waals surface area contributed by atoms with Crippen LogP contribution in [0.4, 0.5) is 0 Å². The third-order valence-electron chi connectivity index (χ3n) is 2.50. The van der Waals surface area contributed by atoms with Gasteiger partial charge in [-0.3, -0.25) is 0 Å². The Kier molecular flexibility index (Phi) is 5.87. The van der Waals surface area contributed by atoms with Crippen LogP contribution < -0.4 is 5.32 Å². The molecule has 1 aliphatic rings. The zero-order valence-corrected chi connectivity index (χ0v) is 8.59. The van der Waals surface area contributed by atoms with Crippen LogP contribution in [-0.4, -0.2) is 26.3 Å². The molecule has 0 atom stereocenters. The Morgan fingerprint density at radius 2 is 2.15 bits per heavy atom. The molecule has 0 amide bonds. The van der Waals surface area contributed by atoms with Crippen molar-refractivity contribution in [1.29, 1.82) is 0 Å². The quantitative estimate of drug-likeness (QED) is 0.520. The highest BCUT2D eigenvalue weighted by molar-refractivity contribution is 4.77. The maximum absolute atomic E-state index is 5.31. The van der Waals surface area contributed by atoms with Gasteiger partial charge in [0.25, 0.3) is 0 Å². The van der Waals surface area contributed by atoms with Gasteiger partial charge in [-0.1, -0.05) is 12.2 Å². The zero-order valence-electron chi connectivity index (χ0n) is 8.59. The molecule has 1 rings (SSSR count). The number of hydrogen-bond donors (Lipinski definition) is 1. The molecular formula is C11H21NO.